The van der Waals surface area contributed by atoms with Gasteiger partial charge in [-0.2, -0.15) is 0 Å². The zero-order valence-corrected chi connectivity index (χ0v) is 27.4. The fourth-order valence-electron chi connectivity index (χ4n) is 9.72. The third-order valence-electron chi connectivity index (χ3n) is 12.0. The molecule has 0 spiro atoms. The van der Waals surface area contributed by atoms with Gasteiger partial charge in [0.15, 0.2) is 0 Å². The lowest BCUT2D eigenvalue weighted by molar-refractivity contribution is 0.330. The zero-order chi connectivity index (χ0) is 32.2. The van der Waals surface area contributed by atoms with Gasteiger partial charge in [-0.25, -0.2) is 0 Å². The lowest BCUT2D eigenvalue weighted by atomic mass is 9.33. The van der Waals surface area contributed by atoms with E-state index in [1.54, 1.807) is 0 Å². The van der Waals surface area contributed by atoms with Gasteiger partial charge < -0.3 is 20.4 Å². The highest BCUT2D eigenvalue weighted by Crippen LogP contribution is 2.63. The lowest BCUT2D eigenvalue weighted by Gasteiger charge is -2.46. The van der Waals surface area contributed by atoms with Gasteiger partial charge in [0.1, 0.15) is 0 Å². The smallest absolute Gasteiger partial charge is 0.252 e. The second-order valence-electron chi connectivity index (χ2n) is 14.4. The lowest BCUT2D eigenvalue weighted by Crippen LogP contribution is -2.61. The summed E-state index contributed by atoms with van der Waals surface area (Å²) >= 11 is 0. The zero-order valence-electron chi connectivity index (χ0n) is 27.4. The van der Waals surface area contributed by atoms with Crippen LogP contribution in [0.25, 0.3) is 0 Å². The van der Waals surface area contributed by atoms with Crippen molar-refractivity contribution in [3.05, 3.63) is 145 Å². The molecule has 10 rings (SSSR count). The highest BCUT2D eigenvalue weighted by atomic mass is 15.3. The Balaban J connectivity index is 1.33. The van der Waals surface area contributed by atoms with Crippen molar-refractivity contribution in [2.24, 2.45) is 0 Å². The van der Waals surface area contributed by atoms with Gasteiger partial charge in [-0.3, -0.25) is 0 Å². The van der Waals surface area contributed by atoms with Crippen molar-refractivity contribution in [1.82, 2.24) is 0 Å². The van der Waals surface area contributed by atoms with E-state index in [0.717, 1.165) is 18.5 Å². The molecule has 6 aromatic carbocycles. The van der Waals surface area contributed by atoms with Crippen molar-refractivity contribution in [3.63, 3.8) is 0 Å². The molecule has 2 N–H and O–H groups in total. The Bertz CT molecular complexity index is 2140. The maximum absolute atomic E-state index is 6.48. The molecule has 2 unspecified atom stereocenters. The first-order valence-electron chi connectivity index (χ1n) is 17.2. The highest BCUT2D eigenvalue weighted by Gasteiger charge is 2.59. The van der Waals surface area contributed by atoms with Gasteiger partial charge >= 0.3 is 0 Å². The van der Waals surface area contributed by atoms with E-state index in [1.807, 2.05) is 0 Å². The van der Waals surface area contributed by atoms with E-state index in [2.05, 4.69) is 168 Å². The first kappa shape index (κ1) is 27.7. The van der Waals surface area contributed by atoms with E-state index in [4.69, 9.17) is 5.73 Å². The van der Waals surface area contributed by atoms with Crippen LogP contribution in [0.2, 0.25) is 0 Å². The quantitative estimate of drug-likeness (QED) is 0.158. The topological polar surface area (TPSA) is 35.7 Å². The minimum Gasteiger partial charge on any atom is -0.399 e. The number of para-hydroxylation sites is 4. The average molecular weight is 621 g/mol. The molecule has 1 saturated carbocycles. The molecule has 48 heavy (non-hydrogen) atoms. The van der Waals surface area contributed by atoms with Crippen molar-refractivity contribution in [2.75, 3.05) is 20.4 Å². The highest BCUT2D eigenvalue weighted by molar-refractivity contribution is 7.00. The molecule has 0 bridgehead atoms. The first-order valence-corrected chi connectivity index (χ1v) is 17.2. The van der Waals surface area contributed by atoms with Gasteiger partial charge in [0, 0.05) is 56.6 Å². The van der Waals surface area contributed by atoms with Crippen LogP contribution in [0.3, 0.4) is 0 Å². The van der Waals surface area contributed by atoms with Crippen LogP contribution in [0.5, 0.6) is 0 Å². The summed E-state index contributed by atoms with van der Waals surface area (Å²) in [6.45, 7) is 5.06. The number of benzene rings is 6. The molecule has 3 heterocycles. The van der Waals surface area contributed by atoms with Gasteiger partial charge in [-0.05, 0) is 108 Å². The predicted octanol–water partition coefficient (Wildman–Crippen LogP) is 8.70. The van der Waals surface area contributed by atoms with Crippen LogP contribution in [0.4, 0.5) is 51.2 Å². The van der Waals surface area contributed by atoms with Crippen LogP contribution in [-0.2, 0) is 5.41 Å². The summed E-state index contributed by atoms with van der Waals surface area (Å²) in [6, 6.07) is 51.4. The van der Waals surface area contributed by atoms with E-state index in [1.165, 1.54) is 73.9 Å². The number of nitrogens with zero attached hydrogens (tertiary/aromatic N) is 3. The summed E-state index contributed by atoms with van der Waals surface area (Å²) in [5, 5.41) is 0. The van der Waals surface area contributed by atoms with Crippen molar-refractivity contribution >= 4 is 74.3 Å². The summed E-state index contributed by atoms with van der Waals surface area (Å²) in [7, 11) is 0. The molecule has 1 aliphatic carbocycles. The Hall–Kier alpha value is -5.42. The number of nitrogen functional groups attached to an aromatic ring is 1. The van der Waals surface area contributed by atoms with E-state index >= 15 is 0 Å². The van der Waals surface area contributed by atoms with Gasteiger partial charge in [0.25, 0.3) is 6.71 Å². The normalized spacial score (nSPS) is 21.4. The Morgan fingerprint density at radius 1 is 0.542 bits per heavy atom. The van der Waals surface area contributed by atoms with Crippen LogP contribution in [-0.4, -0.2) is 12.3 Å². The van der Waals surface area contributed by atoms with Crippen LogP contribution in [0.1, 0.15) is 38.7 Å². The monoisotopic (exact) mass is 620 g/mol. The number of hydrogen-bond acceptors (Lipinski definition) is 4. The Labute approximate surface area is 283 Å². The molecule has 3 aliphatic heterocycles. The van der Waals surface area contributed by atoms with E-state index in [9.17, 15) is 0 Å². The Morgan fingerprint density at radius 2 is 1.08 bits per heavy atom. The van der Waals surface area contributed by atoms with Crippen molar-refractivity contribution < 1.29 is 0 Å². The van der Waals surface area contributed by atoms with Crippen molar-refractivity contribution in [2.45, 2.75) is 44.1 Å². The molecular weight excluding hydrogens is 583 g/mol. The van der Waals surface area contributed by atoms with Crippen LogP contribution >= 0.6 is 0 Å². The second kappa shape index (κ2) is 9.80. The number of rotatable bonds is 3. The molecule has 6 aromatic rings. The summed E-state index contributed by atoms with van der Waals surface area (Å²) in [5.41, 5.74) is 22.4. The number of hydrogen-bond donors (Lipinski definition) is 1. The molecule has 5 heteroatoms. The average Bonchev–Trinajstić information content (AvgIpc) is 3.52. The van der Waals surface area contributed by atoms with Crippen molar-refractivity contribution in [1.29, 1.82) is 0 Å². The summed E-state index contributed by atoms with van der Waals surface area (Å²) in [5.74, 6) is 0. The fourth-order valence-corrected chi connectivity index (χ4v) is 9.72. The molecule has 1 fully saturated rings. The van der Waals surface area contributed by atoms with Crippen LogP contribution in [0, 0.1) is 0 Å². The van der Waals surface area contributed by atoms with Crippen LogP contribution < -0.4 is 36.8 Å². The second-order valence-corrected chi connectivity index (χ2v) is 14.4. The minimum atomic E-state index is -0.0855. The molecule has 4 aliphatic rings. The fraction of sp³-hybridized carbons (Fsp3) is 0.163. The standard InChI is InChI=1S/C43H37BN4/c1-42-24-13-25-43(42,2)48(36-23-22-29(45)26-33(36)42)32-27-39-41-40(28-32)47(31-16-7-4-8-17-31)38-21-12-10-19-35(38)44(41)34-18-9-11-20-37(34)46(39)30-14-5-3-6-15-30/h3-12,14-23,26-28H,13,24-25,45H2,1-2H3. The largest absolute Gasteiger partial charge is 0.399 e. The minimum absolute atomic E-state index is 0.00478. The third kappa shape index (κ3) is 3.51. The third-order valence-corrected chi connectivity index (χ3v) is 12.0. The van der Waals surface area contributed by atoms with E-state index < -0.39 is 0 Å². The van der Waals surface area contributed by atoms with Gasteiger partial charge in [0.05, 0.1) is 5.54 Å². The van der Waals surface area contributed by atoms with Gasteiger partial charge in [-0.15, -0.1) is 0 Å². The summed E-state index contributed by atoms with van der Waals surface area (Å²) in [6.07, 6.45) is 3.48. The maximum Gasteiger partial charge on any atom is 0.252 e. The predicted molar refractivity (Wildman–Crippen MR) is 203 cm³/mol. The summed E-state index contributed by atoms with van der Waals surface area (Å²) in [4.78, 5) is 7.68. The van der Waals surface area contributed by atoms with E-state index in [-0.39, 0.29) is 17.7 Å². The molecular formula is C43H37BN4. The SMILES string of the molecule is CC12CCCC1(C)N(c1cc3c4c(c1)N(c1ccccc1)c1ccccc1B4c1ccccc1N3c1ccccc1)c1ccc(N)cc12. The molecule has 0 aromatic heterocycles. The molecule has 2 atom stereocenters. The summed E-state index contributed by atoms with van der Waals surface area (Å²) < 4.78 is 0. The molecule has 0 amide bonds. The van der Waals surface area contributed by atoms with Crippen molar-refractivity contribution in [3.8, 4) is 0 Å². The molecule has 4 nitrogen and oxygen atoms in total. The Kier molecular flexibility index (Phi) is 5.65. The van der Waals surface area contributed by atoms with Crippen LogP contribution in [0.15, 0.2) is 140 Å². The number of nitrogens with two attached hydrogens (primary N) is 1. The molecule has 0 radical (unpaired) electrons. The molecule has 232 valence electrons. The molecule has 0 saturated heterocycles. The van der Waals surface area contributed by atoms with Gasteiger partial charge in [-0.1, -0.05) is 86.1 Å². The van der Waals surface area contributed by atoms with E-state index in [0.29, 0.717) is 0 Å². The number of anilines is 9. The number of fused-ring (bicyclic) bond motifs is 7. The maximum atomic E-state index is 6.48. The Morgan fingerprint density at radius 3 is 1.67 bits per heavy atom. The van der Waals surface area contributed by atoms with Gasteiger partial charge in [0.2, 0.25) is 0 Å². The first-order chi connectivity index (χ1) is 23.5.